The molecule has 0 amide bonds. The van der Waals surface area contributed by atoms with Gasteiger partial charge < -0.3 is 10.1 Å². The van der Waals surface area contributed by atoms with E-state index in [1.807, 2.05) is 6.92 Å². The number of Topliss-reactive ketones (excluding diaryl/α,β-unsaturated/α-hetero) is 1. The fourth-order valence-corrected chi connectivity index (χ4v) is 2.75. The number of rotatable bonds is 3. The van der Waals surface area contributed by atoms with Gasteiger partial charge in [0.25, 0.3) is 0 Å². The molecule has 0 spiro atoms. The number of ether oxygens (including phenoxy) is 1. The molecule has 1 aliphatic rings. The van der Waals surface area contributed by atoms with Gasteiger partial charge in [-0.15, -0.1) is 0 Å². The average Bonchev–Trinajstić information content (AvgIpc) is 2.91. The lowest BCUT2D eigenvalue weighted by molar-refractivity contribution is -0.197. The molecular formula is C15H18F3NO2. The maximum absolute atomic E-state index is 13.5. The van der Waals surface area contributed by atoms with Gasteiger partial charge in [-0.3, -0.25) is 4.79 Å². The molecular weight excluding hydrogens is 283 g/mol. The van der Waals surface area contributed by atoms with Crippen molar-refractivity contribution in [2.45, 2.75) is 26.4 Å². The Hall–Kier alpha value is -1.56. The molecule has 3 nitrogen and oxygen atoms in total. The topological polar surface area (TPSA) is 38.3 Å². The summed E-state index contributed by atoms with van der Waals surface area (Å²) < 4.78 is 45.6. The molecule has 0 saturated carbocycles. The standard InChI is InChI=1S/C15H18F3NO2/c1-9-4-5-11(12(21-3)10(9)2)13(20)14(15(16,17)18)6-7-19-8-14/h4-5,19H,6-8H2,1-3H3. The first-order valence-corrected chi connectivity index (χ1v) is 6.71. The Kier molecular flexibility index (Phi) is 4.02. The summed E-state index contributed by atoms with van der Waals surface area (Å²) in [5.41, 5.74) is -0.801. The molecule has 1 aromatic rings. The minimum atomic E-state index is -4.59. The summed E-state index contributed by atoms with van der Waals surface area (Å²) in [7, 11) is 1.37. The zero-order valence-corrected chi connectivity index (χ0v) is 12.2. The molecule has 0 aromatic heterocycles. The summed E-state index contributed by atoms with van der Waals surface area (Å²) in [6.07, 6.45) is -4.83. The van der Waals surface area contributed by atoms with Crippen LogP contribution >= 0.6 is 0 Å². The highest BCUT2D eigenvalue weighted by atomic mass is 19.4. The summed E-state index contributed by atoms with van der Waals surface area (Å²) >= 11 is 0. The highest BCUT2D eigenvalue weighted by Crippen LogP contribution is 2.46. The van der Waals surface area contributed by atoms with Crippen LogP contribution in [-0.4, -0.2) is 32.2 Å². The number of ketones is 1. The summed E-state index contributed by atoms with van der Waals surface area (Å²) in [4.78, 5) is 12.6. The number of alkyl halides is 3. The van der Waals surface area contributed by atoms with E-state index in [-0.39, 0.29) is 30.8 Å². The molecule has 0 bridgehead atoms. The SMILES string of the molecule is COc1c(C(=O)C2(C(F)(F)F)CCNC2)ccc(C)c1C. The lowest BCUT2D eigenvalue weighted by atomic mass is 9.78. The predicted octanol–water partition coefficient (Wildman–Crippen LogP) is 3.04. The van der Waals surface area contributed by atoms with E-state index in [9.17, 15) is 18.0 Å². The number of aryl methyl sites for hydroxylation is 1. The Morgan fingerprint density at radius 3 is 2.48 bits per heavy atom. The van der Waals surface area contributed by atoms with Crippen molar-refractivity contribution >= 4 is 5.78 Å². The number of halogens is 3. The van der Waals surface area contributed by atoms with Crippen LogP contribution in [-0.2, 0) is 0 Å². The third-order valence-corrected chi connectivity index (χ3v) is 4.26. The van der Waals surface area contributed by atoms with Crippen LogP contribution in [0.5, 0.6) is 5.75 Å². The molecule has 116 valence electrons. The molecule has 0 radical (unpaired) electrons. The van der Waals surface area contributed by atoms with Crippen molar-refractivity contribution in [3.05, 3.63) is 28.8 Å². The van der Waals surface area contributed by atoms with Gasteiger partial charge in [0.05, 0.1) is 12.7 Å². The van der Waals surface area contributed by atoms with E-state index in [2.05, 4.69) is 5.32 Å². The highest BCUT2D eigenvalue weighted by molar-refractivity contribution is 6.04. The lowest BCUT2D eigenvalue weighted by Gasteiger charge is -2.30. The van der Waals surface area contributed by atoms with Gasteiger partial charge in [0.2, 0.25) is 0 Å². The van der Waals surface area contributed by atoms with Gasteiger partial charge in [0, 0.05) is 6.54 Å². The van der Waals surface area contributed by atoms with E-state index in [4.69, 9.17) is 4.74 Å². The van der Waals surface area contributed by atoms with E-state index < -0.39 is 17.4 Å². The van der Waals surface area contributed by atoms with E-state index in [0.29, 0.717) is 5.56 Å². The van der Waals surface area contributed by atoms with Crippen molar-refractivity contribution in [2.24, 2.45) is 5.41 Å². The monoisotopic (exact) mass is 301 g/mol. The molecule has 1 heterocycles. The lowest BCUT2D eigenvalue weighted by Crippen LogP contribution is -2.46. The van der Waals surface area contributed by atoms with Crippen LogP contribution < -0.4 is 10.1 Å². The zero-order valence-electron chi connectivity index (χ0n) is 12.2. The molecule has 1 N–H and O–H groups in total. The van der Waals surface area contributed by atoms with Crippen molar-refractivity contribution in [3.8, 4) is 5.75 Å². The Labute approximate surface area is 121 Å². The van der Waals surface area contributed by atoms with Crippen LogP contribution in [0.4, 0.5) is 13.2 Å². The third-order valence-electron chi connectivity index (χ3n) is 4.26. The van der Waals surface area contributed by atoms with Crippen molar-refractivity contribution in [3.63, 3.8) is 0 Å². The van der Waals surface area contributed by atoms with E-state index in [0.717, 1.165) is 5.56 Å². The Morgan fingerprint density at radius 1 is 1.33 bits per heavy atom. The van der Waals surface area contributed by atoms with E-state index >= 15 is 0 Å². The summed E-state index contributed by atoms with van der Waals surface area (Å²) in [5.74, 6) is -0.685. The number of hydrogen-bond donors (Lipinski definition) is 1. The van der Waals surface area contributed by atoms with Gasteiger partial charge in [-0.1, -0.05) is 6.07 Å². The fraction of sp³-hybridized carbons (Fsp3) is 0.533. The quantitative estimate of drug-likeness (QED) is 0.872. The molecule has 21 heavy (non-hydrogen) atoms. The van der Waals surface area contributed by atoms with E-state index in [1.54, 1.807) is 13.0 Å². The van der Waals surface area contributed by atoms with Crippen LogP contribution in [0.3, 0.4) is 0 Å². The number of nitrogens with one attached hydrogen (secondary N) is 1. The second-order valence-corrected chi connectivity index (χ2v) is 5.42. The predicted molar refractivity (Wildman–Crippen MR) is 72.8 cm³/mol. The fourth-order valence-electron chi connectivity index (χ4n) is 2.75. The van der Waals surface area contributed by atoms with Crippen LogP contribution in [0.2, 0.25) is 0 Å². The van der Waals surface area contributed by atoms with Crippen molar-refractivity contribution in [1.82, 2.24) is 5.32 Å². The maximum atomic E-state index is 13.5. The zero-order chi connectivity index (χ0) is 15.8. The van der Waals surface area contributed by atoms with Crippen LogP contribution in [0.1, 0.15) is 27.9 Å². The van der Waals surface area contributed by atoms with Gasteiger partial charge in [-0.25, -0.2) is 0 Å². The molecule has 1 saturated heterocycles. The Morgan fingerprint density at radius 2 is 2.00 bits per heavy atom. The number of hydrogen-bond acceptors (Lipinski definition) is 3. The van der Waals surface area contributed by atoms with Crippen LogP contribution in [0.15, 0.2) is 12.1 Å². The number of carbonyl (C=O) groups excluding carboxylic acids is 1. The van der Waals surface area contributed by atoms with Crippen LogP contribution in [0, 0.1) is 19.3 Å². The Balaban J connectivity index is 2.56. The normalized spacial score (nSPS) is 22.4. The number of benzene rings is 1. The van der Waals surface area contributed by atoms with Crippen molar-refractivity contribution in [1.29, 1.82) is 0 Å². The molecule has 6 heteroatoms. The van der Waals surface area contributed by atoms with Gasteiger partial charge in [0.15, 0.2) is 5.78 Å². The average molecular weight is 301 g/mol. The molecule has 0 aliphatic carbocycles. The van der Waals surface area contributed by atoms with Gasteiger partial charge in [-0.2, -0.15) is 13.2 Å². The second-order valence-electron chi connectivity index (χ2n) is 5.42. The summed E-state index contributed by atoms with van der Waals surface area (Å²) in [6.45, 7) is 3.35. The second kappa shape index (κ2) is 5.33. The minimum Gasteiger partial charge on any atom is -0.496 e. The molecule has 2 rings (SSSR count). The largest absolute Gasteiger partial charge is 0.496 e. The molecule has 1 fully saturated rings. The van der Waals surface area contributed by atoms with Gasteiger partial charge in [0.1, 0.15) is 11.2 Å². The van der Waals surface area contributed by atoms with Gasteiger partial charge in [-0.05, 0) is 44.0 Å². The van der Waals surface area contributed by atoms with Crippen molar-refractivity contribution < 1.29 is 22.7 Å². The van der Waals surface area contributed by atoms with E-state index in [1.165, 1.54) is 13.2 Å². The van der Waals surface area contributed by atoms with Crippen LogP contribution in [0.25, 0.3) is 0 Å². The smallest absolute Gasteiger partial charge is 0.402 e. The minimum absolute atomic E-state index is 0.00150. The number of carbonyl (C=O) groups is 1. The summed E-state index contributed by atoms with van der Waals surface area (Å²) in [5, 5.41) is 2.65. The van der Waals surface area contributed by atoms with Gasteiger partial charge >= 0.3 is 6.18 Å². The molecule has 1 unspecified atom stereocenters. The number of methoxy groups -OCH3 is 1. The molecule has 1 aromatic carbocycles. The molecule has 1 aliphatic heterocycles. The highest BCUT2D eigenvalue weighted by Gasteiger charge is 2.61. The third kappa shape index (κ3) is 2.41. The first-order chi connectivity index (χ1) is 9.74. The maximum Gasteiger partial charge on any atom is 0.402 e. The van der Waals surface area contributed by atoms with Crippen molar-refractivity contribution in [2.75, 3.05) is 20.2 Å². The Bertz CT molecular complexity index is 561. The summed E-state index contributed by atoms with van der Waals surface area (Å²) in [6, 6.07) is 3.08. The first-order valence-electron chi connectivity index (χ1n) is 6.71. The molecule has 1 atom stereocenters. The first kappa shape index (κ1) is 15.8.